The molecule has 84 valence electrons. The number of anilines is 1. The van der Waals surface area contributed by atoms with Crippen LogP contribution in [0.2, 0.25) is 10.0 Å². The van der Waals surface area contributed by atoms with E-state index in [9.17, 15) is 5.11 Å². The highest BCUT2D eigenvalue weighted by Gasteiger charge is 2.03. The maximum Gasteiger partial charge on any atom is 0.0945 e. The highest BCUT2D eigenvalue weighted by Crippen LogP contribution is 2.22. The third-order valence-corrected chi connectivity index (χ3v) is 2.20. The summed E-state index contributed by atoms with van der Waals surface area (Å²) in [6.07, 6.45) is -0.548. The van der Waals surface area contributed by atoms with Crippen LogP contribution >= 0.6 is 23.2 Å². The average molecular weight is 250 g/mol. The Balaban J connectivity index is 2.50. The van der Waals surface area contributed by atoms with E-state index in [1.54, 1.807) is 25.3 Å². The molecule has 0 spiro atoms. The summed E-state index contributed by atoms with van der Waals surface area (Å²) >= 11 is 11.6. The first-order valence-corrected chi connectivity index (χ1v) is 5.24. The second kappa shape index (κ2) is 6.18. The Morgan fingerprint density at radius 1 is 1.33 bits per heavy atom. The largest absolute Gasteiger partial charge is 0.389 e. The van der Waals surface area contributed by atoms with E-state index in [1.165, 1.54) is 0 Å². The van der Waals surface area contributed by atoms with Gasteiger partial charge in [0.25, 0.3) is 0 Å². The molecule has 1 unspecified atom stereocenters. The van der Waals surface area contributed by atoms with E-state index in [0.29, 0.717) is 23.2 Å². The Labute approximate surface area is 99.0 Å². The van der Waals surface area contributed by atoms with Crippen molar-refractivity contribution >= 4 is 28.9 Å². The van der Waals surface area contributed by atoms with Gasteiger partial charge in [-0.15, -0.1) is 0 Å². The molecule has 0 aromatic heterocycles. The summed E-state index contributed by atoms with van der Waals surface area (Å²) in [6, 6.07) is 5.14. The van der Waals surface area contributed by atoms with Crippen molar-refractivity contribution in [3.05, 3.63) is 28.2 Å². The van der Waals surface area contributed by atoms with Gasteiger partial charge >= 0.3 is 0 Å². The van der Waals surface area contributed by atoms with E-state index in [4.69, 9.17) is 27.9 Å². The SMILES string of the molecule is COCC(O)CNc1cc(Cl)cc(Cl)c1. The molecule has 3 nitrogen and oxygen atoms in total. The number of ether oxygens (including phenoxy) is 1. The van der Waals surface area contributed by atoms with Crippen LogP contribution in [0.15, 0.2) is 18.2 Å². The molecule has 0 aliphatic rings. The molecular weight excluding hydrogens is 237 g/mol. The highest BCUT2D eigenvalue weighted by atomic mass is 35.5. The van der Waals surface area contributed by atoms with Gasteiger partial charge in [-0.05, 0) is 18.2 Å². The molecule has 0 saturated heterocycles. The molecule has 1 aromatic carbocycles. The molecule has 0 aliphatic carbocycles. The average Bonchev–Trinajstić information content (AvgIpc) is 2.14. The number of benzene rings is 1. The standard InChI is InChI=1S/C10H13Cl2NO2/c1-15-6-10(14)5-13-9-3-7(11)2-8(12)4-9/h2-4,10,13-14H,5-6H2,1H3. The van der Waals surface area contributed by atoms with Crippen molar-refractivity contribution in [2.45, 2.75) is 6.10 Å². The van der Waals surface area contributed by atoms with Crippen LogP contribution in [0.3, 0.4) is 0 Å². The molecule has 15 heavy (non-hydrogen) atoms. The Kier molecular flexibility index (Phi) is 5.19. The second-order valence-corrected chi connectivity index (χ2v) is 4.02. The van der Waals surface area contributed by atoms with E-state index in [2.05, 4.69) is 5.32 Å². The van der Waals surface area contributed by atoms with E-state index in [0.717, 1.165) is 5.69 Å². The summed E-state index contributed by atoms with van der Waals surface area (Å²) in [6.45, 7) is 0.686. The van der Waals surface area contributed by atoms with E-state index in [-0.39, 0.29) is 0 Å². The molecule has 0 radical (unpaired) electrons. The van der Waals surface area contributed by atoms with Gasteiger partial charge < -0.3 is 15.2 Å². The zero-order valence-electron chi connectivity index (χ0n) is 8.34. The van der Waals surface area contributed by atoms with Crippen LogP contribution in [0.5, 0.6) is 0 Å². The van der Waals surface area contributed by atoms with Gasteiger partial charge in [-0.3, -0.25) is 0 Å². The number of aliphatic hydroxyl groups is 1. The smallest absolute Gasteiger partial charge is 0.0945 e. The molecule has 0 heterocycles. The fraction of sp³-hybridized carbons (Fsp3) is 0.400. The number of nitrogens with one attached hydrogen (secondary N) is 1. The maximum absolute atomic E-state index is 9.40. The zero-order chi connectivity index (χ0) is 11.3. The van der Waals surface area contributed by atoms with Crippen molar-refractivity contribution in [3.8, 4) is 0 Å². The van der Waals surface area contributed by atoms with Crippen LogP contribution in [-0.4, -0.2) is 31.5 Å². The van der Waals surface area contributed by atoms with Gasteiger partial charge in [0.2, 0.25) is 0 Å². The third kappa shape index (κ3) is 4.71. The summed E-state index contributed by atoms with van der Waals surface area (Å²) in [5, 5.41) is 13.5. The van der Waals surface area contributed by atoms with E-state index < -0.39 is 6.10 Å². The predicted molar refractivity (Wildman–Crippen MR) is 62.8 cm³/mol. The first-order valence-electron chi connectivity index (χ1n) is 4.49. The number of methoxy groups -OCH3 is 1. The van der Waals surface area contributed by atoms with Crippen molar-refractivity contribution in [3.63, 3.8) is 0 Å². The predicted octanol–water partition coefficient (Wildman–Crippen LogP) is 2.41. The Bertz CT molecular complexity index is 300. The molecule has 1 atom stereocenters. The topological polar surface area (TPSA) is 41.5 Å². The fourth-order valence-electron chi connectivity index (χ4n) is 1.14. The summed E-state index contributed by atoms with van der Waals surface area (Å²) in [4.78, 5) is 0. The van der Waals surface area contributed by atoms with Gasteiger partial charge in [0.1, 0.15) is 0 Å². The van der Waals surface area contributed by atoms with Crippen molar-refractivity contribution in [1.29, 1.82) is 0 Å². The van der Waals surface area contributed by atoms with Gasteiger partial charge in [-0.1, -0.05) is 23.2 Å². The van der Waals surface area contributed by atoms with Gasteiger partial charge in [0, 0.05) is 29.4 Å². The van der Waals surface area contributed by atoms with Crippen molar-refractivity contribution < 1.29 is 9.84 Å². The molecule has 0 amide bonds. The van der Waals surface area contributed by atoms with Crippen LogP contribution in [0, 0.1) is 0 Å². The van der Waals surface area contributed by atoms with Crippen molar-refractivity contribution in [2.75, 3.05) is 25.6 Å². The Hall–Kier alpha value is -0.480. The Morgan fingerprint density at radius 2 is 1.93 bits per heavy atom. The molecule has 5 heteroatoms. The van der Waals surface area contributed by atoms with Crippen molar-refractivity contribution in [1.82, 2.24) is 0 Å². The van der Waals surface area contributed by atoms with Crippen molar-refractivity contribution in [2.24, 2.45) is 0 Å². The molecule has 1 rings (SSSR count). The number of aliphatic hydroxyl groups excluding tert-OH is 1. The van der Waals surface area contributed by atoms with Crippen LogP contribution in [0.1, 0.15) is 0 Å². The lowest BCUT2D eigenvalue weighted by molar-refractivity contribution is 0.0727. The minimum atomic E-state index is -0.548. The molecule has 0 aliphatic heterocycles. The summed E-state index contributed by atoms with van der Waals surface area (Å²) in [7, 11) is 1.54. The van der Waals surface area contributed by atoms with E-state index in [1.807, 2.05) is 0 Å². The molecule has 1 aromatic rings. The second-order valence-electron chi connectivity index (χ2n) is 3.15. The lowest BCUT2D eigenvalue weighted by Crippen LogP contribution is -2.24. The normalized spacial score (nSPS) is 12.5. The molecule has 0 fully saturated rings. The maximum atomic E-state index is 9.40. The first kappa shape index (κ1) is 12.6. The third-order valence-electron chi connectivity index (χ3n) is 1.76. The van der Waals surface area contributed by atoms with Crippen LogP contribution in [0.4, 0.5) is 5.69 Å². The quantitative estimate of drug-likeness (QED) is 0.843. The first-order chi connectivity index (χ1) is 7.11. The van der Waals surface area contributed by atoms with Crippen LogP contribution < -0.4 is 5.32 Å². The van der Waals surface area contributed by atoms with Gasteiger partial charge in [0.05, 0.1) is 12.7 Å². The number of hydrogen-bond acceptors (Lipinski definition) is 3. The molecule has 0 bridgehead atoms. The molecular formula is C10H13Cl2NO2. The van der Waals surface area contributed by atoms with Gasteiger partial charge in [-0.2, -0.15) is 0 Å². The summed E-state index contributed by atoms with van der Waals surface area (Å²) in [5.74, 6) is 0. The van der Waals surface area contributed by atoms with E-state index >= 15 is 0 Å². The zero-order valence-corrected chi connectivity index (χ0v) is 9.85. The van der Waals surface area contributed by atoms with Crippen LogP contribution in [0.25, 0.3) is 0 Å². The highest BCUT2D eigenvalue weighted by molar-refractivity contribution is 6.35. The molecule has 2 N–H and O–H groups in total. The molecule has 0 saturated carbocycles. The number of hydrogen-bond donors (Lipinski definition) is 2. The number of halogens is 2. The van der Waals surface area contributed by atoms with Crippen LogP contribution in [-0.2, 0) is 4.74 Å². The fourth-order valence-corrected chi connectivity index (χ4v) is 1.67. The lowest BCUT2D eigenvalue weighted by atomic mass is 10.3. The van der Waals surface area contributed by atoms with Gasteiger partial charge in [0.15, 0.2) is 0 Å². The number of rotatable bonds is 5. The monoisotopic (exact) mass is 249 g/mol. The lowest BCUT2D eigenvalue weighted by Gasteiger charge is -2.12. The Morgan fingerprint density at radius 3 is 2.47 bits per heavy atom. The van der Waals surface area contributed by atoms with Gasteiger partial charge in [-0.25, -0.2) is 0 Å². The minimum Gasteiger partial charge on any atom is -0.389 e. The summed E-state index contributed by atoms with van der Waals surface area (Å²) < 4.78 is 4.80. The summed E-state index contributed by atoms with van der Waals surface area (Å²) in [5.41, 5.74) is 0.780. The minimum absolute atomic E-state index is 0.293.